The highest BCUT2D eigenvalue weighted by Gasteiger charge is 2.27. The van der Waals surface area contributed by atoms with Crippen LogP contribution in [0.5, 0.6) is 5.75 Å². The molecule has 2 aromatic rings. The Bertz CT molecular complexity index is 701. The molecule has 0 aliphatic rings. The van der Waals surface area contributed by atoms with E-state index in [2.05, 4.69) is 19.2 Å². The maximum absolute atomic E-state index is 12.7. The summed E-state index contributed by atoms with van der Waals surface area (Å²) < 4.78 is 10.9. The first-order valence-corrected chi connectivity index (χ1v) is 8.46. The second kappa shape index (κ2) is 7.71. The van der Waals surface area contributed by atoms with Crippen LogP contribution < -0.4 is 10.1 Å². The first kappa shape index (κ1) is 18.3. The zero-order chi connectivity index (χ0) is 17.7. The number of fused-ring (bicyclic) bond motifs is 1. The van der Waals surface area contributed by atoms with Crippen LogP contribution in [0.4, 0.5) is 0 Å². The molecule has 5 heteroatoms. The highest BCUT2D eigenvalue weighted by molar-refractivity contribution is 6.07. The molecule has 0 saturated heterocycles. The molecule has 0 saturated carbocycles. The molecular weight excluding hydrogens is 306 g/mol. The molecule has 1 heterocycles. The smallest absolute Gasteiger partial charge is 0.255 e. The Balaban J connectivity index is 2.26. The monoisotopic (exact) mass is 333 g/mol. The van der Waals surface area contributed by atoms with Crippen LogP contribution >= 0.6 is 0 Å². The number of ether oxygens (including phenoxy) is 1. The molecule has 0 atom stereocenters. The summed E-state index contributed by atoms with van der Waals surface area (Å²) in [5, 5.41) is 13.1. The number of carbonyl (C=O) groups excluding carboxylic acids is 1. The van der Waals surface area contributed by atoms with E-state index in [9.17, 15) is 9.90 Å². The van der Waals surface area contributed by atoms with Gasteiger partial charge in [0.25, 0.3) is 5.91 Å². The molecule has 1 aromatic carbocycles. The van der Waals surface area contributed by atoms with Crippen LogP contribution in [-0.2, 0) is 0 Å². The third-order valence-corrected chi connectivity index (χ3v) is 5.06. The van der Waals surface area contributed by atoms with Crippen molar-refractivity contribution in [3.8, 4) is 5.75 Å². The van der Waals surface area contributed by atoms with Gasteiger partial charge in [-0.05, 0) is 49.8 Å². The summed E-state index contributed by atoms with van der Waals surface area (Å²) in [6.07, 6.45) is 2.49. The van der Waals surface area contributed by atoms with Crippen LogP contribution in [-0.4, -0.2) is 31.3 Å². The molecule has 2 rings (SSSR count). The van der Waals surface area contributed by atoms with Crippen molar-refractivity contribution in [3.63, 3.8) is 0 Å². The Kier molecular flexibility index (Phi) is 5.89. The standard InChI is InChI=1S/C19H27NO4/c1-5-19(6-2,9-10-21)12-20-18(22)17-13(3)24-16-8-7-14(23-4)11-15(16)17/h7-8,11,21H,5-6,9-10,12H2,1-4H3,(H,20,22). The summed E-state index contributed by atoms with van der Waals surface area (Å²) in [5.41, 5.74) is 1.15. The maximum atomic E-state index is 12.7. The van der Waals surface area contributed by atoms with Crippen molar-refractivity contribution >= 4 is 16.9 Å². The summed E-state index contributed by atoms with van der Waals surface area (Å²) in [7, 11) is 1.60. The number of benzene rings is 1. The third-order valence-electron chi connectivity index (χ3n) is 5.06. The molecule has 132 valence electrons. The van der Waals surface area contributed by atoms with Crippen LogP contribution in [0.3, 0.4) is 0 Å². The maximum Gasteiger partial charge on any atom is 0.255 e. The Hall–Kier alpha value is -2.01. The number of aliphatic hydroxyl groups is 1. The molecular formula is C19H27NO4. The molecule has 0 aliphatic heterocycles. The number of methoxy groups -OCH3 is 1. The summed E-state index contributed by atoms with van der Waals surface area (Å²) in [5.74, 6) is 1.13. The van der Waals surface area contributed by atoms with Gasteiger partial charge in [-0.3, -0.25) is 4.79 Å². The Morgan fingerprint density at radius 2 is 2.04 bits per heavy atom. The van der Waals surface area contributed by atoms with Gasteiger partial charge in [0.05, 0.1) is 12.7 Å². The van der Waals surface area contributed by atoms with E-state index < -0.39 is 0 Å². The van der Waals surface area contributed by atoms with Gasteiger partial charge in [0.2, 0.25) is 0 Å². The fraction of sp³-hybridized carbons (Fsp3) is 0.526. The molecule has 24 heavy (non-hydrogen) atoms. The minimum absolute atomic E-state index is 0.0739. The predicted molar refractivity (Wildman–Crippen MR) is 94.6 cm³/mol. The SMILES string of the molecule is CCC(CC)(CCO)CNC(=O)c1c(C)oc2ccc(OC)cc12. The Morgan fingerprint density at radius 3 is 2.62 bits per heavy atom. The van der Waals surface area contributed by atoms with E-state index in [-0.39, 0.29) is 17.9 Å². The molecule has 1 aromatic heterocycles. The number of furan rings is 1. The summed E-state index contributed by atoms with van der Waals surface area (Å²) in [6.45, 7) is 6.64. The minimum atomic E-state index is -0.149. The normalized spacial score (nSPS) is 11.7. The Morgan fingerprint density at radius 1 is 1.33 bits per heavy atom. The van der Waals surface area contributed by atoms with Crippen LogP contribution in [0.1, 0.15) is 49.2 Å². The second-order valence-corrected chi connectivity index (χ2v) is 6.26. The van der Waals surface area contributed by atoms with Crippen molar-refractivity contribution in [3.05, 3.63) is 29.5 Å². The second-order valence-electron chi connectivity index (χ2n) is 6.26. The predicted octanol–water partition coefficient (Wildman–Crippen LogP) is 3.67. The topological polar surface area (TPSA) is 71.7 Å². The van der Waals surface area contributed by atoms with Crippen LogP contribution in [0.15, 0.2) is 22.6 Å². The van der Waals surface area contributed by atoms with Gasteiger partial charge in [0, 0.05) is 18.5 Å². The fourth-order valence-electron chi connectivity index (χ4n) is 3.14. The third kappa shape index (κ3) is 3.56. The lowest BCUT2D eigenvalue weighted by atomic mass is 9.79. The molecule has 0 aliphatic carbocycles. The number of rotatable bonds is 8. The van der Waals surface area contributed by atoms with Crippen LogP contribution in [0.25, 0.3) is 11.0 Å². The molecule has 0 radical (unpaired) electrons. The van der Waals surface area contributed by atoms with Gasteiger partial charge >= 0.3 is 0 Å². The lowest BCUT2D eigenvalue weighted by molar-refractivity contribution is 0.0907. The van der Waals surface area contributed by atoms with Gasteiger partial charge in [0.15, 0.2) is 0 Å². The zero-order valence-electron chi connectivity index (χ0n) is 14.9. The van der Waals surface area contributed by atoms with E-state index >= 15 is 0 Å². The largest absolute Gasteiger partial charge is 0.497 e. The highest BCUT2D eigenvalue weighted by atomic mass is 16.5. The number of nitrogens with one attached hydrogen (secondary N) is 1. The fourth-order valence-corrected chi connectivity index (χ4v) is 3.14. The zero-order valence-corrected chi connectivity index (χ0v) is 14.9. The van der Waals surface area contributed by atoms with Gasteiger partial charge in [0.1, 0.15) is 17.1 Å². The number of carbonyl (C=O) groups is 1. The van der Waals surface area contributed by atoms with Crippen molar-refractivity contribution in [1.82, 2.24) is 5.32 Å². The molecule has 0 unspecified atom stereocenters. The van der Waals surface area contributed by atoms with Gasteiger partial charge in [-0.2, -0.15) is 0 Å². The first-order chi connectivity index (χ1) is 11.5. The van der Waals surface area contributed by atoms with E-state index in [0.717, 1.165) is 18.2 Å². The van der Waals surface area contributed by atoms with Crippen LogP contribution in [0, 0.1) is 12.3 Å². The number of hydrogen-bond acceptors (Lipinski definition) is 4. The molecule has 2 N–H and O–H groups in total. The molecule has 0 bridgehead atoms. The minimum Gasteiger partial charge on any atom is -0.497 e. The van der Waals surface area contributed by atoms with Crippen molar-refractivity contribution in [2.24, 2.45) is 5.41 Å². The van der Waals surface area contributed by atoms with Gasteiger partial charge in [-0.25, -0.2) is 0 Å². The van der Waals surface area contributed by atoms with E-state index in [1.165, 1.54) is 0 Å². The number of aryl methyl sites for hydroxylation is 1. The average molecular weight is 333 g/mol. The van der Waals surface area contributed by atoms with Crippen molar-refractivity contribution in [2.75, 3.05) is 20.3 Å². The number of aliphatic hydroxyl groups excluding tert-OH is 1. The number of amides is 1. The van der Waals surface area contributed by atoms with Gasteiger partial charge in [-0.15, -0.1) is 0 Å². The first-order valence-electron chi connectivity index (χ1n) is 8.46. The van der Waals surface area contributed by atoms with Gasteiger partial charge in [-0.1, -0.05) is 13.8 Å². The summed E-state index contributed by atoms with van der Waals surface area (Å²) in [6, 6.07) is 5.45. The molecule has 0 spiro atoms. The summed E-state index contributed by atoms with van der Waals surface area (Å²) >= 11 is 0. The van der Waals surface area contributed by atoms with E-state index in [4.69, 9.17) is 9.15 Å². The van der Waals surface area contributed by atoms with Gasteiger partial charge < -0.3 is 19.6 Å². The summed E-state index contributed by atoms with van der Waals surface area (Å²) in [4.78, 5) is 12.7. The average Bonchev–Trinajstić information content (AvgIpc) is 2.93. The van der Waals surface area contributed by atoms with Crippen LogP contribution in [0.2, 0.25) is 0 Å². The molecule has 0 fully saturated rings. The molecule has 5 nitrogen and oxygen atoms in total. The van der Waals surface area contributed by atoms with E-state index in [1.807, 2.05) is 18.2 Å². The Labute approximate surface area is 143 Å². The lowest BCUT2D eigenvalue weighted by Crippen LogP contribution is -2.37. The van der Waals surface area contributed by atoms with Crippen molar-refractivity contribution in [2.45, 2.75) is 40.0 Å². The van der Waals surface area contributed by atoms with E-state index in [0.29, 0.717) is 35.6 Å². The van der Waals surface area contributed by atoms with Crippen molar-refractivity contribution < 1.29 is 19.1 Å². The van der Waals surface area contributed by atoms with E-state index in [1.54, 1.807) is 14.0 Å². The number of hydrogen-bond donors (Lipinski definition) is 2. The quantitative estimate of drug-likeness (QED) is 0.773. The highest BCUT2D eigenvalue weighted by Crippen LogP contribution is 2.31. The lowest BCUT2D eigenvalue weighted by Gasteiger charge is -2.31. The van der Waals surface area contributed by atoms with Crippen molar-refractivity contribution in [1.29, 1.82) is 0 Å². The molecule has 1 amide bonds.